The van der Waals surface area contributed by atoms with Crippen molar-refractivity contribution in [3.05, 3.63) is 76.3 Å². The Kier molecular flexibility index (Phi) is 6.11. The first-order valence-electron chi connectivity index (χ1n) is 9.51. The largest absolute Gasteiger partial charge is 0.481 e. The lowest BCUT2D eigenvalue weighted by Crippen LogP contribution is -2.58. The zero-order chi connectivity index (χ0) is 20.3. The second kappa shape index (κ2) is 8.38. The standard InChI is InChI=1S/C23H27ClN2O2/c1-4-6-21(18-9-10-20(24)16(2)11-18)25-19-8-5-7-17(12-19)13-26-14-23(3,15-26)22(27)28/h4-12,21,25H,13-15H2,1-3H3,(H,27,28). The molecule has 0 saturated carbocycles. The van der Waals surface area contributed by atoms with Gasteiger partial charge >= 0.3 is 5.97 Å². The van der Waals surface area contributed by atoms with E-state index in [0.717, 1.165) is 28.4 Å². The summed E-state index contributed by atoms with van der Waals surface area (Å²) in [6.07, 6.45) is 4.17. The highest BCUT2D eigenvalue weighted by molar-refractivity contribution is 6.31. The van der Waals surface area contributed by atoms with Gasteiger partial charge in [-0.3, -0.25) is 9.69 Å². The van der Waals surface area contributed by atoms with Crippen molar-refractivity contribution in [3.8, 4) is 0 Å². The van der Waals surface area contributed by atoms with Gasteiger partial charge in [0.2, 0.25) is 0 Å². The highest BCUT2D eigenvalue weighted by Crippen LogP contribution is 2.32. The monoisotopic (exact) mass is 398 g/mol. The molecule has 0 aliphatic carbocycles. The Morgan fingerprint density at radius 1 is 1.32 bits per heavy atom. The lowest BCUT2D eigenvalue weighted by atomic mass is 9.82. The lowest BCUT2D eigenvalue weighted by molar-refractivity contribution is -0.158. The molecule has 1 saturated heterocycles. The van der Waals surface area contributed by atoms with E-state index in [1.165, 1.54) is 5.56 Å². The quantitative estimate of drug-likeness (QED) is 0.622. The number of aryl methyl sites for hydroxylation is 1. The highest BCUT2D eigenvalue weighted by Gasteiger charge is 2.44. The summed E-state index contributed by atoms with van der Waals surface area (Å²) in [5.74, 6) is -0.716. The van der Waals surface area contributed by atoms with E-state index < -0.39 is 11.4 Å². The molecule has 0 spiro atoms. The summed E-state index contributed by atoms with van der Waals surface area (Å²) < 4.78 is 0. The molecule has 148 valence electrons. The number of carboxylic acid groups (broad SMARTS) is 1. The van der Waals surface area contributed by atoms with E-state index in [2.05, 4.69) is 40.6 Å². The van der Waals surface area contributed by atoms with E-state index in [-0.39, 0.29) is 6.04 Å². The molecule has 1 unspecified atom stereocenters. The number of rotatable bonds is 7. The highest BCUT2D eigenvalue weighted by atomic mass is 35.5. The molecule has 2 aromatic rings. The van der Waals surface area contributed by atoms with Gasteiger partial charge in [-0.2, -0.15) is 0 Å². The summed E-state index contributed by atoms with van der Waals surface area (Å²) in [5.41, 5.74) is 3.81. The van der Waals surface area contributed by atoms with Crippen LogP contribution < -0.4 is 5.32 Å². The van der Waals surface area contributed by atoms with E-state index in [1.54, 1.807) is 6.92 Å². The fourth-order valence-electron chi connectivity index (χ4n) is 3.68. The van der Waals surface area contributed by atoms with E-state index in [4.69, 9.17) is 11.6 Å². The van der Waals surface area contributed by atoms with E-state index in [9.17, 15) is 9.90 Å². The summed E-state index contributed by atoms with van der Waals surface area (Å²) in [7, 11) is 0. The molecule has 4 nitrogen and oxygen atoms in total. The van der Waals surface area contributed by atoms with Crippen molar-refractivity contribution < 1.29 is 9.90 Å². The molecular formula is C23H27ClN2O2. The van der Waals surface area contributed by atoms with Crippen molar-refractivity contribution in [1.82, 2.24) is 4.90 Å². The van der Waals surface area contributed by atoms with Crippen molar-refractivity contribution in [1.29, 1.82) is 0 Å². The van der Waals surface area contributed by atoms with Gasteiger partial charge in [-0.1, -0.05) is 48.0 Å². The van der Waals surface area contributed by atoms with Crippen molar-refractivity contribution >= 4 is 23.3 Å². The Bertz CT molecular complexity index is 888. The van der Waals surface area contributed by atoms with Crippen LogP contribution in [-0.2, 0) is 11.3 Å². The van der Waals surface area contributed by atoms with Crippen LogP contribution in [-0.4, -0.2) is 29.1 Å². The Hall–Kier alpha value is -2.30. The molecule has 0 bridgehead atoms. The van der Waals surface area contributed by atoms with E-state index >= 15 is 0 Å². The van der Waals surface area contributed by atoms with Crippen molar-refractivity contribution in [3.63, 3.8) is 0 Å². The molecule has 1 aliphatic heterocycles. The fraction of sp³-hybridized carbons (Fsp3) is 0.348. The van der Waals surface area contributed by atoms with E-state index in [1.807, 2.05) is 38.1 Å². The van der Waals surface area contributed by atoms with Crippen LogP contribution >= 0.6 is 11.6 Å². The molecule has 1 heterocycles. The molecular weight excluding hydrogens is 372 g/mol. The Morgan fingerprint density at radius 3 is 2.71 bits per heavy atom. The molecule has 1 aliphatic rings. The normalized spacial score (nSPS) is 17.3. The lowest BCUT2D eigenvalue weighted by Gasteiger charge is -2.45. The fourth-order valence-corrected chi connectivity index (χ4v) is 3.80. The summed E-state index contributed by atoms with van der Waals surface area (Å²) in [6.45, 7) is 7.76. The van der Waals surface area contributed by atoms with Crippen LogP contribution in [0.4, 0.5) is 5.69 Å². The predicted octanol–water partition coefficient (Wildman–Crippen LogP) is 5.28. The number of nitrogens with zero attached hydrogens (tertiary/aromatic N) is 1. The molecule has 2 aromatic carbocycles. The van der Waals surface area contributed by atoms with Gasteiger partial charge in [-0.05, 0) is 55.7 Å². The van der Waals surface area contributed by atoms with Gasteiger partial charge < -0.3 is 10.4 Å². The molecule has 28 heavy (non-hydrogen) atoms. The minimum Gasteiger partial charge on any atom is -0.481 e. The van der Waals surface area contributed by atoms with Gasteiger partial charge in [-0.25, -0.2) is 0 Å². The molecule has 0 amide bonds. The molecule has 0 aromatic heterocycles. The van der Waals surface area contributed by atoms with Crippen LogP contribution in [0.3, 0.4) is 0 Å². The minimum absolute atomic E-state index is 0.0514. The number of nitrogens with one attached hydrogen (secondary N) is 1. The van der Waals surface area contributed by atoms with Gasteiger partial charge in [0.05, 0.1) is 11.5 Å². The van der Waals surface area contributed by atoms with Crippen LogP contribution in [0.1, 0.15) is 36.6 Å². The number of carboxylic acids is 1. The number of anilines is 1. The van der Waals surface area contributed by atoms with Crippen LogP contribution in [0.2, 0.25) is 5.02 Å². The summed E-state index contributed by atoms with van der Waals surface area (Å²) in [6, 6.07) is 14.4. The Balaban J connectivity index is 1.70. The average molecular weight is 399 g/mol. The third-order valence-electron chi connectivity index (χ3n) is 5.24. The number of halogens is 1. The maximum atomic E-state index is 11.3. The topological polar surface area (TPSA) is 52.6 Å². The summed E-state index contributed by atoms with van der Waals surface area (Å²) in [4.78, 5) is 13.4. The minimum atomic E-state index is -0.716. The second-order valence-corrected chi connectivity index (χ2v) is 8.27. The number of allylic oxidation sites excluding steroid dienone is 1. The average Bonchev–Trinajstić information content (AvgIpc) is 2.62. The number of carbonyl (C=O) groups is 1. The summed E-state index contributed by atoms with van der Waals surface area (Å²) >= 11 is 6.17. The number of hydrogen-bond donors (Lipinski definition) is 2. The van der Waals surface area contributed by atoms with Crippen LogP contribution in [0.5, 0.6) is 0 Å². The van der Waals surface area contributed by atoms with Gasteiger partial charge in [0.25, 0.3) is 0 Å². The molecule has 5 heteroatoms. The van der Waals surface area contributed by atoms with Crippen LogP contribution in [0.25, 0.3) is 0 Å². The third-order valence-corrected chi connectivity index (χ3v) is 5.67. The van der Waals surface area contributed by atoms with Gasteiger partial charge in [0.15, 0.2) is 0 Å². The molecule has 2 N–H and O–H groups in total. The zero-order valence-electron chi connectivity index (χ0n) is 16.6. The number of likely N-dealkylation sites (tertiary alicyclic amines) is 1. The van der Waals surface area contributed by atoms with Gasteiger partial charge in [-0.15, -0.1) is 0 Å². The van der Waals surface area contributed by atoms with Crippen molar-refractivity contribution in [2.45, 2.75) is 33.4 Å². The van der Waals surface area contributed by atoms with Gasteiger partial charge in [0.1, 0.15) is 0 Å². The Labute approximate surface area is 171 Å². The predicted molar refractivity (Wildman–Crippen MR) is 115 cm³/mol. The second-order valence-electron chi connectivity index (χ2n) is 7.87. The van der Waals surface area contributed by atoms with E-state index in [0.29, 0.717) is 13.1 Å². The number of aliphatic carboxylic acids is 1. The summed E-state index contributed by atoms with van der Waals surface area (Å²) in [5, 5.41) is 13.6. The third kappa shape index (κ3) is 4.57. The van der Waals surface area contributed by atoms with Crippen LogP contribution in [0, 0.1) is 12.3 Å². The first kappa shape index (κ1) is 20.4. The van der Waals surface area contributed by atoms with Gasteiger partial charge in [0, 0.05) is 30.3 Å². The Morgan fingerprint density at radius 2 is 2.07 bits per heavy atom. The van der Waals surface area contributed by atoms with Crippen molar-refractivity contribution in [2.75, 3.05) is 18.4 Å². The SMILES string of the molecule is CC=CC(Nc1cccc(CN2CC(C)(C(=O)O)C2)c1)c1ccc(Cl)c(C)c1. The molecule has 0 radical (unpaired) electrons. The smallest absolute Gasteiger partial charge is 0.311 e. The number of hydrogen-bond acceptors (Lipinski definition) is 3. The zero-order valence-corrected chi connectivity index (χ0v) is 17.3. The molecule has 3 rings (SSSR count). The first-order chi connectivity index (χ1) is 13.3. The maximum absolute atomic E-state index is 11.3. The maximum Gasteiger partial charge on any atom is 0.311 e. The number of benzene rings is 2. The first-order valence-corrected chi connectivity index (χ1v) is 9.88. The van der Waals surface area contributed by atoms with Crippen molar-refractivity contribution in [2.24, 2.45) is 5.41 Å². The molecule has 1 fully saturated rings. The molecule has 1 atom stereocenters. The van der Waals surface area contributed by atoms with Crippen LogP contribution in [0.15, 0.2) is 54.6 Å².